The van der Waals surface area contributed by atoms with Crippen LogP contribution in [0.5, 0.6) is 5.75 Å². The predicted molar refractivity (Wildman–Crippen MR) is 134 cm³/mol. The molecule has 11 heteroatoms. The molecule has 0 aliphatic heterocycles. The van der Waals surface area contributed by atoms with E-state index in [1.165, 1.54) is 19.0 Å². The number of anilines is 1. The predicted octanol–water partition coefficient (Wildman–Crippen LogP) is 0.191. The second-order valence-corrected chi connectivity index (χ2v) is 10.1. The fourth-order valence-electron chi connectivity index (χ4n) is 6.04. The Morgan fingerprint density at radius 1 is 1.16 bits per heavy atom. The number of hydrogen-bond donors (Lipinski definition) is 6. The third-order valence-electron chi connectivity index (χ3n) is 7.64. The number of nitrogens with two attached hydrogens (primary N) is 1. The fraction of sp³-hybridized carbons (Fsp3) is 0.423. The molecule has 0 heterocycles. The van der Waals surface area contributed by atoms with Crippen molar-refractivity contribution < 1.29 is 39.9 Å². The van der Waals surface area contributed by atoms with Gasteiger partial charge in [0, 0.05) is 36.8 Å². The van der Waals surface area contributed by atoms with Crippen molar-refractivity contribution in [1.29, 1.82) is 0 Å². The van der Waals surface area contributed by atoms with Gasteiger partial charge in [-0.05, 0) is 39.1 Å². The van der Waals surface area contributed by atoms with E-state index in [4.69, 9.17) is 5.73 Å². The van der Waals surface area contributed by atoms with E-state index >= 15 is 0 Å². The number of aromatic hydroxyl groups is 1. The third kappa shape index (κ3) is 3.41. The van der Waals surface area contributed by atoms with Gasteiger partial charge in [0.25, 0.3) is 5.91 Å². The van der Waals surface area contributed by atoms with Crippen LogP contribution in [0.1, 0.15) is 28.4 Å². The number of phenolic OH excluding ortho intramolecular Hbond substituents is 1. The van der Waals surface area contributed by atoms with Gasteiger partial charge in [-0.2, -0.15) is 0 Å². The van der Waals surface area contributed by atoms with E-state index in [1.54, 1.807) is 44.1 Å². The number of allylic oxidation sites excluding steroid dienone is 1. The van der Waals surface area contributed by atoms with E-state index in [1.807, 2.05) is 0 Å². The number of aliphatic hydroxyl groups is 4. The number of aliphatic hydroxyl groups excluding tert-OH is 3. The number of ketones is 2. The van der Waals surface area contributed by atoms with Crippen molar-refractivity contribution in [2.45, 2.75) is 31.1 Å². The van der Waals surface area contributed by atoms with E-state index < -0.39 is 69.7 Å². The van der Waals surface area contributed by atoms with Crippen molar-refractivity contribution in [1.82, 2.24) is 4.90 Å². The van der Waals surface area contributed by atoms with Crippen molar-refractivity contribution in [2.75, 3.05) is 33.1 Å². The summed E-state index contributed by atoms with van der Waals surface area (Å²) in [5.74, 6) is -8.36. The van der Waals surface area contributed by atoms with Crippen LogP contribution in [0.25, 0.3) is 6.08 Å². The van der Waals surface area contributed by atoms with Gasteiger partial charge in [-0.25, -0.2) is 0 Å². The smallest absolute Gasteiger partial charge is 0.255 e. The van der Waals surface area contributed by atoms with Crippen LogP contribution in [-0.2, 0) is 16.0 Å². The molecular formula is C26H31N3O8. The molecule has 7 N–H and O–H groups in total. The summed E-state index contributed by atoms with van der Waals surface area (Å²) < 4.78 is 0. The highest BCUT2D eigenvalue weighted by Crippen LogP contribution is 2.53. The highest BCUT2D eigenvalue weighted by Gasteiger charge is 2.66. The van der Waals surface area contributed by atoms with Crippen molar-refractivity contribution >= 4 is 29.2 Å². The molecule has 3 aliphatic rings. The molecule has 5 atom stereocenters. The second kappa shape index (κ2) is 8.72. The largest absolute Gasteiger partial charge is 0.510 e. The standard InChI is InChI=1S/C26H31N3O8/c1-6-7-10-8-13(28(2)3)11-9-12-15(21(32)14(11)19(10)30)23(34)26(37)17(20(12)31)18(29(4)5)22(33)16(24(26)35)25(27)36/h6-8,12,17-18,20,30-31,33-34,37H,9H2,1-5H3,(H2,27,36)/b7-6+/t12?,17?,18?,20?,26-/m0/s1. The molecule has 0 saturated heterocycles. The van der Waals surface area contributed by atoms with Gasteiger partial charge in [0.1, 0.15) is 22.8 Å². The lowest BCUT2D eigenvalue weighted by Crippen LogP contribution is -2.68. The number of nitrogens with zero attached hydrogens (tertiary/aromatic N) is 2. The van der Waals surface area contributed by atoms with Crippen molar-refractivity contribution in [3.8, 4) is 5.75 Å². The van der Waals surface area contributed by atoms with E-state index in [2.05, 4.69) is 0 Å². The van der Waals surface area contributed by atoms with Gasteiger partial charge in [-0.1, -0.05) is 12.2 Å². The Balaban J connectivity index is 2.05. The van der Waals surface area contributed by atoms with Gasteiger partial charge < -0.3 is 36.2 Å². The first kappa shape index (κ1) is 26.4. The summed E-state index contributed by atoms with van der Waals surface area (Å²) in [6, 6.07) is 0.404. The summed E-state index contributed by atoms with van der Waals surface area (Å²) in [4.78, 5) is 42.4. The Kier molecular flexibility index (Phi) is 6.22. The van der Waals surface area contributed by atoms with E-state index in [0.29, 0.717) is 16.8 Å². The lowest BCUT2D eigenvalue weighted by atomic mass is 9.57. The third-order valence-corrected chi connectivity index (χ3v) is 7.64. The lowest BCUT2D eigenvalue weighted by Gasteiger charge is -2.52. The second-order valence-electron chi connectivity index (χ2n) is 10.1. The highest BCUT2D eigenvalue weighted by molar-refractivity contribution is 6.25. The Hall–Kier alpha value is -3.67. The number of benzene rings is 1. The Morgan fingerprint density at radius 2 is 1.78 bits per heavy atom. The number of rotatable bonds is 4. The van der Waals surface area contributed by atoms with Crippen LogP contribution in [-0.4, -0.2) is 93.8 Å². The fourth-order valence-corrected chi connectivity index (χ4v) is 6.04. The first-order valence-corrected chi connectivity index (χ1v) is 11.7. The summed E-state index contributed by atoms with van der Waals surface area (Å²) in [5, 5.41) is 56.4. The molecule has 0 radical (unpaired) electrons. The molecule has 3 aliphatic carbocycles. The number of amides is 1. The average molecular weight is 514 g/mol. The molecule has 0 bridgehead atoms. The van der Waals surface area contributed by atoms with Crippen molar-refractivity contribution in [2.24, 2.45) is 17.6 Å². The summed E-state index contributed by atoms with van der Waals surface area (Å²) in [6.07, 6.45) is 1.65. The van der Waals surface area contributed by atoms with Gasteiger partial charge >= 0.3 is 0 Å². The van der Waals surface area contributed by atoms with E-state index in [0.717, 1.165) is 0 Å². The summed E-state index contributed by atoms with van der Waals surface area (Å²) >= 11 is 0. The quantitative estimate of drug-likeness (QED) is 0.304. The molecule has 4 unspecified atom stereocenters. The maximum atomic E-state index is 13.9. The molecule has 0 aromatic heterocycles. The highest BCUT2D eigenvalue weighted by atomic mass is 16.4. The van der Waals surface area contributed by atoms with Gasteiger partial charge in [-0.3, -0.25) is 19.3 Å². The first-order valence-electron chi connectivity index (χ1n) is 11.7. The molecule has 0 saturated carbocycles. The number of Topliss-reactive ketones (excluding diaryl/α,β-unsaturated/α-hetero) is 2. The number of carbonyl (C=O) groups excluding carboxylic acids is 3. The zero-order valence-corrected chi connectivity index (χ0v) is 21.2. The molecule has 1 aromatic carbocycles. The zero-order valence-electron chi connectivity index (χ0n) is 21.2. The van der Waals surface area contributed by atoms with Crippen LogP contribution in [0.4, 0.5) is 5.69 Å². The average Bonchev–Trinajstić information content (AvgIpc) is 2.80. The molecule has 11 nitrogen and oxygen atoms in total. The van der Waals surface area contributed by atoms with Gasteiger partial charge in [-0.15, -0.1) is 0 Å². The van der Waals surface area contributed by atoms with Crippen LogP contribution >= 0.6 is 0 Å². The number of phenols is 1. The SMILES string of the molecule is C/C=C/c1cc(N(C)C)c2c(c1O)C(=O)C1=C(O)[C@]3(O)C(=O)C(C(N)=O)=C(O)C(N(C)C)C3C(O)C1C2. The van der Waals surface area contributed by atoms with Crippen LogP contribution in [0.2, 0.25) is 0 Å². The molecule has 0 spiro atoms. The summed E-state index contributed by atoms with van der Waals surface area (Å²) in [5.41, 5.74) is 2.29. The maximum Gasteiger partial charge on any atom is 0.255 e. The van der Waals surface area contributed by atoms with Crippen molar-refractivity contribution in [3.63, 3.8) is 0 Å². The molecule has 198 valence electrons. The molecule has 1 aromatic rings. The molecule has 1 amide bonds. The van der Waals surface area contributed by atoms with Crippen LogP contribution in [0.15, 0.2) is 34.8 Å². The lowest BCUT2D eigenvalue weighted by molar-refractivity contribution is -0.161. The monoisotopic (exact) mass is 513 g/mol. The van der Waals surface area contributed by atoms with E-state index in [9.17, 15) is 39.9 Å². The van der Waals surface area contributed by atoms with Gasteiger partial charge in [0.05, 0.1) is 23.6 Å². The summed E-state index contributed by atoms with van der Waals surface area (Å²) in [6.45, 7) is 1.74. The Labute approximate surface area is 213 Å². The molecule has 0 fully saturated rings. The first-order chi connectivity index (χ1) is 17.2. The van der Waals surface area contributed by atoms with Crippen LogP contribution in [0, 0.1) is 11.8 Å². The molecule has 4 rings (SSSR count). The summed E-state index contributed by atoms with van der Waals surface area (Å²) in [7, 11) is 6.49. The molecular weight excluding hydrogens is 482 g/mol. The minimum atomic E-state index is -2.93. The van der Waals surface area contributed by atoms with Crippen molar-refractivity contribution in [3.05, 3.63) is 51.5 Å². The Morgan fingerprint density at radius 3 is 2.30 bits per heavy atom. The van der Waals surface area contributed by atoms with Gasteiger partial charge in [0.2, 0.25) is 5.78 Å². The number of likely N-dealkylation sites (N-methyl/N-ethyl adjacent to an activating group) is 1. The van der Waals surface area contributed by atoms with Crippen LogP contribution in [0.3, 0.4) is 0 Å². The normalized spacial score (nSPS) is 29.5. The van der Waals surface area contributed by atoms with Crippen LogP contribution < -0.4 is 10.6 Å². The number of carbonyl (C=O) groups is 3. The van der Waals surface area contributed by atoms with Gasteiger partial charge in [0.15, 0.2) is 11.4 Å². The minimum Gasteiger partial charge on any atom is -0.510 e. The topological polar surface area (TPSA) is 185 Å². The zero-order chi connectivity index (χ0) is 27.7. The molecule has 37 heavy (non-hydrogen) atoms. The number of hydrogen-bond acceptors (Lipinski definition) is 10. The Bertz CT molecular complexity index is 1330. The van der Waals surface area contributed by atoms with E-state index in [-0.39, 0.29) is 17.7 Å². The number of primary amides is 1. The minimum absolute atomic E-state index is 0.0209. The number of fused-ring (bicyclic) bond motifs is 3. The maximum absolute atomic E-state index is 13.9.